The molecule has 0 aromatic carbocycles. The smallest absolute Gasteiger partial charge is 0.0945 e. The van der Waals surface area contributed by atoms with Crippen molar-refractivity contribution in [2.24, 2.45) is 10.8 Å². The van der Waals surface area contributed by atoms with Gasteiger partial charge < -0.3 is 5.11 Å². The van der Waals surface area contributed by atoms with E-state index in [1.54, 1.807) is 0 Å². The van der Waals surface area contributed by atoms with Gasteiger partial charge in [-0.05, 0) is 37.8 Å². The summed E-state index contributed by atoms with van der Waals surface area (Å²) >= 11 is 14.0. The Balaban J connectivity index is 2.48. The molecule has 0 aromatic rings. The van der Waals surface area contributed by atoms with E-state index in [1.165, 1.54) is 0 Å². The van der Waals surface area contributed by atoms with Gasteiger partial charge >= 0.3 is 0 Å². The Morgan fingerprint density at radius 3 is 2.47 bits per heavy atom. The van der Waals surface area contributed by atoms with E-state index in [4.69, 9.17) is 11.6 Å². The highest BCUT2D eigenvalue weighted by molar-refractivity contribution is 9.11. The van der Waals surface area contributed by atoms with Crippen LogP contribution in [0.25, 0.3) is 0 Å². The summed E-state index contributed by atoms with van der Waals surface area (Å²) in [4.78, 5) is -0.00254. The first-order valence-corrected chi connectivity index (χ1v) is 8.71. The van der Waals surface area contributed by atoms with E-state index in [0.717, 1.165) is 29.3 Å². The van der Waals surface area contributed by atoms with Crippen LogP contribution in [0.2, 0.25) is 0 Å². The van der Waals surface area contributed by atoms with Crippen LogP contribution in [0, 0.1) is 10.8 Å². The van der Waals surface area contributed by atoms with Gasteiger partial charge in [-0.2, -0.15) is 0 Å². The Labute approximate surface area is 137 Å². The molecule has 1 fully saturated rings. The zero-order valence-electron chi connectivity index (χ0n) is 11.6. The number of rotatable bonds is 0. The van der Waals surface area contributed by atoms with E-state index < -0.39 is 6.10 Å². The topological polar surface area (TPSA) is 20.2 Å². The largest absolute Gasteiger partial charge is 0.385 e. The number of aliphatic hydroxyl groups is 1. The van der Waals surface area contributed by atoms with E-state index in [1.807, 2.05) is 6.08 Å². The Hall–Kier alpha value is 0.690. The van der Waals surface area contributed by atoms with Gasteiger partial charge in [0.2, 0.25) is 0 Å². The molecule has 2 aliphatic carbocycles. The summed E-state index contributed by atoms with van der Waals surface area (Å²) in [5.41, 5.74) is 0.753. The summed E-state index contributed by atoms with van der Waals surface area (Å²) in [7, 11) is 0. The maximum Gasteiger partial charge on any atom is 0.0945 e. The van der Waals surface area contributed by atoms with Crippen molar-refractivity contribution in [1.82, 2.24) is 0 Å². The second kappa shape index (κ2) is 4.86. The predicted octanol–water partition coefficient (Wildman–Crippen LogP) is 5.15. The second-order valence-electron chi connectivity index (χ2n) is 6.64. The summed E-state index contributed by atoms with van der Waals surface area (Å²) < 4.78 is 1.07. The predicted molar refractivity (Wildman–Crippen MR) is 89.2 cm³/mol. The van der Waals surface area contributed by atoms with Crippen molar-refractivity contribution in [3.05, 3.63) is 22.7 Å². The van der Waals surface area contributed by atoms with Crippen LogP contribution in [0.3, 0.4) is 0 Å². The first-order chi connectivity index (χ1) is 8.54. The van der Waals surface area contributed by atoms with Crippen LogP contribution in [-0.4, -0.2) is 20.9 Å². The van der Waals surface area contributed by atoms with Gasteiger partial charge in [0, 0.05) is 20.1 Å². The molecule has 0 aromatic heterocycles. The van der Waals surface area contributed by atoms with E-state index in [2.05, 4.69) is 59.2 Å². The third-order valence-electron chi connectivity index (χ3n) is 5.29. The van der Waals surface area contributed by atoms with Crippen molar-refractivity contribution in [2.45, 2.75) is 55.8 Å². The second-order valence-corrected chi connectivity index (χ2v) is 9.46. The van der Waals surface area contributed by atoms with Crippen LogP contribution in [0.15, 0.2) is 22.7 Å². The fourth-order valence-electron chi connectivity index (χ4n) is 3.46. The van der Waals surface area contributed by atoms with Crippen molar-refractivity contribution in [1.29, 1.82) is 0 Å². The Morgan fingerprint density at radius 1 is 1.37 bits per heavy atom. The van der Waals surface area contributed by atoms with Crippen LogP contribution < -0.4 is 0 Å². The fourth-order valence-corrected chi connectivity index (χ4v) is 5.04. The zero-order valence-corrected chi connectivity index (χ0v) is 15.6. The van der Waals surface area contributed by atoms with Crippen LogP contribution in [0.4, 0.5) is 0 Å². The van der Waals surface area contributed by atoms with E-state index in [-0.39, 0.29) is 20.5 Å². The Morgan fingerprint density at radius 2 is 1.95 bits per heavy atom. The molecule has 0 heterocycles. The first-order valence-electron chi connectivity index (χ1n) is 6.63. The minimum Gasteiger partial charge on any atom is -0.385 e. The van der Waals surface area contributed by atoms with Gasteiger partial charge in [0.05, 0.1) is 11.0 Å². The molecular weight excluding hydrogens is 391 g/mol. The van der Waals surface area contributed by atoms with Crippen LogP contribution in [0.5, 0.6) is 0 Å². The Bertz CT molecular complexity index is 441. The molecule has 108 valence electrons. The average Bonchev–Trinajstić information content (AvgIpc) is 2.30. The van der Waals surface area contributed by atoms with Gasteiger partial charge in [-0.15, -0.1) is 11.6 Å². The normalized spacial score (nSPS) is 46.3. The highest BCUT2D eigenvalue weighted by Crippen LogP contribution is 2.64. The summed E-state index contributed by atoms with van der Waals surface area (Å²) in [5, 5.41) is 10.3. The molecule has 19 heavy (non-hydrogen) atoms. The van der Waals surface area contributed by atoms with Crippen molar-refractivity contribution in [3.63, 3.8) is 0 Å². The number of aliphatic hydroxyl groups excluding tert-OH is 1. The molecule has 0 saturated heterocycles. The highest BCUT2D eigenvalue weighted by atomic mass is 79.9. The van der Waals surface area contributed by atoms with Gasteiger partial charge in [0.15, 0.2) is 0 Å². The van der Waals surface area contributed by atoms with Gasteiger partial charge in [-0.3, -0.25) is 0 Å². The molecule has 4 atom stereocenters. The minimum absolute atomic E-state index is 0.0667. The SMILES string of the molecule is C=C1[C@H](O)C=C(Br)C(C)(C)[C@]12CC[C@](C)(Cl)[C@@H](Br)C2. The monoisotopic (exact) mass is 410 g/mol. The maximum absolute atomic E-state index is 10.3. The lowest BCUT2D eigenvalue weighted by molar-refractivity contribution is 0.0573. The third kappa shape index (κ3) is 2.29. The lowest BCUT2D eigenvalue weighted by Crippen LogP contribution is -2.53. The minimum atomic E-state index is -0.568. The molecule has 4 heteroatoms. The lowest BCUT2D eigenvalue weighted by Gasteiger charge is -2.57. The molecule has 0 bridgehead atoms. The molecule has 0 radical (unpaired) electrons. The summed E-state index contributed by atoms with van der Waals surface area (Å²) in [6.07, 6.45) is 4.08. The molecular formula is C15H21Br2ClO. The molecule has 0 unspecified atom stereocenters. The summed E-state index contributed by atoms with van der Waals surface area (Å²) in [6.45, 7) is 10.7. The molecule has 1 saturated carbocycles. The van der Waals surface area contributed by atoms with E-state index in [9.17, 15) is 5.11 Å². The lowest BCUT2D eigenvalue weighted by atomic mass is 9.51. The molecule has 1 N–H and O–H groups in total. The van der Waals surface area contributed by atoms with Gasteiger partial charge in [-0.25, -0.2) is 0 Å². The molecule has 0 amide bonds. The van der Waals surface area contributed by atoms with Crippen molar-refractivity contribution < 1.29 is 5.11 Å². The quantitative estimate of drug-likeness (QED) is 0.431. The molecule has 2 rings (SSSR count). The number of hydrogen-bond acceptors (Lipinski definition) is 1. The number of allylic oxidation sites excluding steroid dienone is 1. The van der Waals surface area contributed by atoms with Gasteiger partial charge in [0.25, 0.3) is 0 Å². The molecule has 0 aliphatic heterocycles. The molecule has 2 aliphatic rings. The zero-order chi connectivity index (χ0) is 14.6. The average molecular weight is 413 g/mol. The van der Waals surface area contributed by atoms with Crippen LogP contribution >= 0.6 is 43.5 Å². The van der Waals surface area contributed by atoms with Crippen LogP contribution in [0.1, 0.15) is 40.0 Å². The highest BCUT2D eigenvalue weighted by Gasteiger charge is 2.57. The van der Waals surface area contributed by atoms with Crippen molar-refractivity contribution >= 4 is 43.5 Å². The molecule has 1 nitrogen and oxygen atoms in total. The number of hydrogen-bond donors (Lipinski definition) is 1. The summed E-state index contributed by atoms with van der Waals surface area (Å²) in [6, 6.07) is 0. The molecule has 1 spiro atoms. The van der Waals surface area contributed by atoms with E-state index in [0.29, 0.717) is 0 Å². The third-order valence-corrected chi connectivity index (χ3v) is 8.60. The van der Waals surface area contributed by atoms with Crippen molar-refractivity contribution in [3.8, 4) is 0 Å². The maximum atomic E-state index is 10.3. The summed E-state index contributed by atoms with van der Waals surface area (Å²) in [5.74, 6) is 0. The van der Waals surface area contributed by atoms with Crippen LogP contribution in [-0.2, 0) is 0 Å². The standard InChI is InChI=1S/C15H21Br2ClO/c1-9-10(19)7-11(16)13(2,3)15(9)6-5-14(4,18)12(17)8-15/h7,10,12,19H,1,5-6,8H2,2-4H3/t10-,12+,14+,15+/m1/s1. The Kier molecular flexibility index (Phi) is 4.11. The van der Waals surface area contributed by atoms with Gasteiger partial charge in [-0.1, -0.05) is 52.3 Å². The van der Waals surface area contributed by atoms with Gasteiger partial charge in [0.1, 0.15) is 0 Å². The number of alkyl halides is 2. The fraction of sp³-hybridized carbons (Fsp3) is 0.733. The van der Waals surface area contributed by atoms with Crippen molar-refractivity contribution in [2.75, 3.05) is 0 Å². The first kappa shape index (κ1) is 16.1. The number of halogens is 3. The van der Waals surface area contributed by atoms with E-state index >= 15 is 0 Å².